The third kappa shape index (κ3) is 1.82. The van der Waals surface area contributed by atoms with Gasteiger partial charge in [-0.1, -0.05) is 13.8 Å². The van der Waals surface area contributed by atoms with Gasteiger partial charge in [0.2, 0.25) is 0 Å². The van der Waals surface area contributed by atoms with Crippen LogP contribution in [0.25, 0.3) is 0 Å². The van der Waals surface area contributed by atoms with Crippen LogP contribution in [-0.4, -0.2) is 16.1 Å². The maximum absolute atomic E-state index is 12.2. The van der Waals surface area contributed by atoms with Gasteiger partial charge in [0, 0.05) is 19.7 Å². The van der Waals surface area contributed by atoms with Gasteiger partial charge in [0.05, 0.1) is 11.6 Å². The first-order valence-electron chi connectivity index (χ1n) is 5.59. The Morgan fingerprint density at radius 1 is 1.50 bits per heavy atom. The summed E-state index contributed by atoms with van der Waals surface area (Å²) in [5.41, 5.74) is 0.610. The van der Waals surface area contributed by atoms with Crippen molar-refractivity contribution >= 4 is 11.6 Å². The molecule has 0 bridgehead atoms. The number of hydrogen-bond donors (Lipinski definition) is 0. The first kappa shape index (κ1) is 11.1. The summed E-state index contributed by atoms with van der Waals surface area (Å²) >= 11 is 0. The van der Waals surface area contributed by atoms with Gasteiger partial charge in [-0.15, -0.1) is 0 Å². The Kier molecular flexibility index (Phi) is 2.49. The molecule has 0 amide bonds. The van der Waals surface area contributed by atoms with E-state index in [0.29, 0.717) is 18.5 Å². The number of rotatable bonds is 2. The summed E-state index contributed by atoms with van der Waals surface area (Å²) in [6.45, 7) is 4.09. The molecule has 1 aliphatic rings. The number of ketones is 2. The van der Waals surface area contributed by atoms with Crippen LogP contribution in [0.4, 0.5) is 0 Å². The average Bonchev–Trinajstić information content (AvgIpc) is 2.69. The molecule has 0 saturated heterocycles. The van der Waals surface area contributed by atoms with E-state index in [1.54, 1.807) is 10.6 Å². The molecule has 1 aromatic rings. The van der Waals surface area contributed by atoms with Gasteiger partial charge >= 0.3 is 0 Å². The van der Waals surface area contributed by atoms with Crippen LogP contribution in [0.3, 0.4) is 0 Å². The number of aromatic nitrogens is 1. The van der Waals surface area contributed by atoms with Crippen molar-refractivity contribution < 1.29 is 9.59 Å². The highest BCUT2D eigenvalue weighted by molar-refractivity contribution is 6.11. The smallest absolute Gasteiger partial charge is 0.189 e. The molecule has 16 heavy (non-hydrogen) atoms. The summed E-state index contributed by atoms with van der Waals surface area (Å²) in [7, 11) is 1.83. The lowest BCUT2D eigenvalue weighted by Crippen LogP contribution is -2.21. The Balaban J connectivity index is 2.25. The van der Waals surface area contributed by atoms with E-state index in [-0.39, 0.29) is 17.0 Å². The topological polar surface area (TPSA) is 39.1 Å². The van der Waals surface area contributed by atoms with Gasteiger partial charge in [0.15, 0.2) is 5.78 Å². The molecule has 1 saturated carbocycles. The van der Waals surface area contributed by atoms with Crippen LogP contribution in [0.5, 0.6) is 0 Å². The molecule has 0 radical (unpaired) electrons. The predicted octanol–water partition coefficient (Wildman–Crippen LogP) is 2.21. The van der Waals surface area contributed by atoms with Gasteiger partial charge in [-0.25, -0.2) is 0 Å². The van der Waals surface area contributed by atoms with Crippen molar-refractivity contribution in [2.75, 3.05) is 0 Å². The van der Waals surface area contributed by atoms with E-state index in [1.807, 2.05) is 33.2 Å². The minimum atomic E-state index is -0.427. The zero-order chi connectivity index (χ0) is 11.9. The van der Waals surface area contributed by atoms with Crippen LogP contribution >= 0.6 is 0 Å². The molecule has 2 rings (SSSR count). The fraction of sp³-hybridized carbons (Fsp3) is 0.538. The summed E-state index contributed by atoms with van der Waals surface area (Å²) in [6, 6.07) is 3.61. The highest BCUT2D eigenvalue weighted by atomic mass is 16.2. The van der Waals surface area contributed by atoms with Gasteiger partial charge in [-0.2, -0.15) is 0 Å². The Bertz CT molecular complexity index is 443. The van der Waals surface area contributed by atoms with Crippen molar-refractivity contribution in [1.82, 2.24) is 4.57 Å². The van der Waals surface area contributed by atoms with E-state index in [2.05, 4.69) is 0 Å². The number of carbonyl (C=O) groups excluding carboxylic acids is 2. The average molecular weight is 219 g/mol. The van der Waals surface area contributed by atoms with Crippen molar-refractivity contribution in [2.45, 2.75) is 26.7 Å². The molecule has 1 heterocycles. The monoisotopic (exact) mass is 219 g/mol. The fourth-order valence-electron chi connectivity index (χ4n) is 2.47. The zero-order valence-electron chi connectivity index (χ0n) is 9.99. The molecule has 0 aliphatic heterocycles. The molecular weight excluding hydrogens is 202 g/mol. The molecule has 1 atom stereocenters. The van der Waals surface area contributed by atoms with E-state index < -0.39 is 5.92 Å². The third-order valence-electron chi connectivity index (χ3n) is 3.31. The molecule has 0 N–H and O–H groups in total. The second kappa shape index (κ2) is 3.58. The standard InChI is InChI=1S/C13H17NO2/c1-13(2)7-9(11(15)8-13)12(16)10-5-4-6-14(10)3/h4-6,9H,7-8H2,1-3H3. The van der Waals surface area contributed by atoms with Gasteiger partial charge in [-0.3, -0.25) is 9.59 Å². The fourth-order valence-corrected chi connectivity index (χ4v) is 2.47. The SMILES string of the molecule is Cn1cccc1C(=O)C1CC(C)(C)CC1=O. The second-order valence-corrected chi connectivity index (χ2v) is 5.43. The number of hydrogen-bond acceptors (Lipinski definition) is 2. The van der Waals surface area contributed by atoms with Crippen molar-refractivity contribution in [2.24, 2.45) is 18.4 Å². The van der Waals surface area contributed by atoms with Crippen molar-refractivity contribution in [3.8, 4) is 0 Å². The van der Waals surface area contributed by atoms with Gasteiger partial charge < -0.3 is 4.57 Å². The minimum absolute atomic E-state index is 0.0249. The summed E-state index contributed by atoms with van der Waals surface area (Å²) in [6.07, 6.45) is 3.03. The molecule has 3 heteroatoms. The van der Waals surface area contributed by atoms with E-state index in [4.69, 9.17) is 0 Å². The first-order chi connectivity index (χ1) is 7.41. The minimum Gasteiger partial charge on any atom is -0.348 e. The Labute approximate surface area is 95.5 Å². The molecule has 0 aromatic carbocycles. The molecule has 1 aliphatic carbocycles. The molecular formula is C13H17NO2. The van der Waals surface area contributed by atoms with Crippen LogP contribution < -0.4 is 0 Å². The Morgan fingerprint density at radius 2 is 2.19 bits per heavy atom. The maximum Gasteiger partial charge on any atom is 0.189 e. The van der Waals surface area contributed by atoms with E-state index in [1.165, 1.54) is 0 Å². The summed E-state index contributed by atoms with van der Waals surface area (Å²) in [5.74, 6) is -0.358. The van der Waals surface area contributed by atoms with Gasteiger partial charge in [-0.05, 0) is 24.0 Å². The molecule has 3 nitrogen and oxygen atoms in total. The quantitative estimate of drug-likeness (QED) is 0.565. The Morgan fingerprint density at radius 3 is 2.62 bits per heavy atom. The largest absolute Gasteiger partial charge is 0.348 e. The molecule has 1 unspecified atom stereocenters. The van der Waals surface area contributed by atoms with Crippen molar-refractivity contribution in [3.63, 3.8) is 0 Å². The van der Waals surface area contributed by atoms with E-state index >= 15 is 0 Å². The zero-order valence-corrected chi connectivity index (χ0v) is 9.99. The number of aryl methyl sites for hydroxylation is 1. The first-order valence-corrected chi connectivity index (χ1v) is 5.59. The lowest BCUT2D eigenvalue weighted by Gasteiger charge is -2.15. The Hall–Kier alpha value is -1.38. The van der Waals surface area contributed by atoms with Crippen LogP contribution in [0.15, 0.2) is 18.3 Å². The van der Waals surface area contributed by atoms with Gasteiger partial charge in [0.1, 0.15) is 5.78 Å². The van der Waals surface area contributed by atoms with Crippen molar-refractivity contribution in [1.29, 1.82) is 0 Å². The van der Waals surface area contributed by atoms with Crippen LogP contribution in [0, 0.1) is 11.3 Å². The second-order valence-electron chi connectivity index (χ2n) is 5.43. The van der Waals surface area contributed by atoms with E-state index in [0.717, 1.165) is 0 Å². The molecule has 86 valence electrons. The summed E-state index contributed by atoms with van der Waals surface area (Å²) < 4.78 is 1.78. The summed E-state index contributed by atoms with van der Waals surface area (Å²) in [4.78, 5) is 24.0. The number of Topliss-reactive ketones (excluding diaryl/α,β-unsaturated/α-hetero) is 2. The summed E-state index contributed by atoms with van der Waals surface area (Å²) in [5, 5.41) is 0. The van der Waals surface area contributed by atoms with E-state index in [9.17, 15) is 9.59 Å². The third-order valence-corrected chi connectivity index (χ3v) is 3.31. The molecule has 1 fully saturated rings. The molecule has 1 aromatic heterocycles. The molecule has 0 spiro atoms. The highest BCUT2D eigenvalue weighted by Crippen LogP contribution is 2.39. The van der Waals surface area contributed by atoms with Crippen LogP contribution in [0.2, 0.25) is 0 Å². The normalized spacial score (nSPS) is 23.7. The number of nitrogens with zero attached hydrogens (tertiary/aromatic N) is 1. The van der Waals surface area contributed by atoms with Crippen LogP contribution in [0.1, 0.15) is 37.2 Å². The number of carbonyl (C=O) groups is 2. The van der Waals surface area contributed by atoms with Crippen LogP contribution in [-0.2, 0) is 11.8 Å². The van der Waals surface area contributed by atoms with Gasteiger partial charge in [0.25, 0.3) is 0 Å². The predicted molar refractivity (Wildman–Crippen MR) is 61.3 cm³/mol. The maximum atomic E-state index is 12.2. The lowest BCUT2D eigenvalue weighted by molar-refractivity contribution is -0.119. The van der Waals surface area contributed by atoms with Crippen molar-refractivity contribution in [3.05, 3.63) is 24.0 Å². The highest BCUT2D eigenvalue weighted by Gasteiger charge is 2.42. The lowest BCUT2D eigenvalue weighted by atomic mass is 9.89.